The van der Waals surface area contributed by atoms with E-state index in [1.54, 1.807) is 12.4 Å². The van der Waals surface area contributed by atoms with Crippen LogP contribution in [0.1, 0.15) is 20.8 Å². The first kappa shape index (κ1) is 19.6. The number of pyridine rings is 1. The van der Waals surface area contributed by atoms with Crippen molar-refractivity contribution in [3.8, 4) is 0 Å². The van der Waals surface area contributed by atoms with Crippen LogP contribution in [0.15, 0.2) is 48.8 Å². The molecule has 3 nitrogen and oxygen atoms in total. The number of Topliss-reactive ketones (excluding diaryl/α,β-unsaturated/α-hetero) is 1. The van der Waals surface area contributed by atoms with E-state index in [0.29, 0.717) is 6.42 Å². The molecule has 2 N–H and O–H groups in total. The second kappa shape index (κ2) is 8.41. The van der Waals surface area contributed by atoms with Crippen molar-refractivity contribution in [1.82, 2.24) is 4.98 Å². The van der Waals surface area contributed by atoms with Crippen molar-refractivity contribution in [3.05, 3.63) is 64.8 Å². The summed E-state index contributed by atoms with van der Waals surface area (Å²) in [5.41, 5.74) is 8.17. The fourth-order valence-electron chi connectivity index (χ4n) is 2.44. The molecule has 6 heteroatoms. The normalized spacial score (nSPS) is 11.4. The zero-order valence-corrected chi connectivity index (χ0v) is 15.0. The van der Waals surface area contributed by atoms with Gasteiger partial charge in [0.2, 0.25) is 0 Å². The molecule has 1 unspecified atom stereocenters. The summed E-state index contributed by atoms with van der Waals surface area (Å²) in [6.07, 6.45) is 3.98. The van der Waals surface area contributed by atoms with Crippen LogP contribution in [-0.4, -0.2) is 16.8 Å². The molecule has 0 fully saturated rings. The average molecular weight is 369 g/mol. The van der Waals surface area contributed by atoms with Gasteiger partial charge in [-0.1, -0.05) is 18.2 Å². The Hall–Kier alpha value is -1.46. The number of fused-ring (bicyclic) bond motifs is 1. The minimum absolute atomic E-state index is 0. The maximum Gasteiger partial charge on any atom is 0.190 e. The van der Waals surface area contributed by atoms with Gasteiger partial charge in [0.05, 0.1) is 10.9 Å². The molecule has 0 aliphatic rings. The summed E-state index contributed by atoms with van der Waals surface area (Å²) in [7, 11) is 0. The number of aromatic nitrogens is 1. The molecule has 0 saturated heterocycles. The Labute approximate surface area is 151 Å². The van der Waals surface area contributed by atoms with Crippen molar-refractivity contribution in [2.45, 2.75) is 19.4 Å². The Kier molecular flexibility index (Phi) is 7.16. The van der Waals surface area contributed by atoms with Gasteiger partial charge in [0.25, 0.3) is 0 Å². The Morgan fingerprint density at radius 2 is 1.83 bits per heavy atom. The van der Waals surface area contributed by atoms with E-state index in [1.165, 1.54) is 11.3 Å². The summed E-state index contributed by atoms with van der Waals surface area (Å²) < 4.78 is 1.13. The lowest BCUT2D eigenvalue weighted by Crippen LogP contribution is -2.32. The van der Waals surface area contributed by atoms with Gasteiger partial charge in [0, 0.05) is 17.1 Å². The third-order valence-corrected chi connectivity index (χ3v) is 4.90. The van der Waals surface area contributed by atoms with Gasteiger partial charge in [-0.05, 0) is 48.1 Å². The molecular weight excluding hydrogens is 351 g/mol. The molecule has 0 spiro atoms. The highest BCUT2D eigenvalue weighted by Crippen LogP contribution is 2.31. The summed E-state index contributed by atoms with van der Waals surface area (Å²) >= 11 is 1.53. The van der Waals surface area contributed by atoms with Crippen LogP contribution in [0.4, 0.5) is 0 Å². The second-order valence-corrected chi connectivity index (χ2v) is 6.13. The van der Waals surface area contributed by atoms with E-state index in [-0.39, 0.29) is 30.6 Å². The van der Waals surface area contributed by atoms with E-state index in [2.05, 4.69) is 4.98 Å². The topological polar surface area (TPSA) is 56.0 Å². The number of hydrogen-bond acceptors (Lipinski definition) is 4. The molecule has 3 aromatic rings. The number of aryl methyl sites for hydroxylation is 1. The predicted molar refractivity (Wildman–Crippen MR) is 101 cm³/mol. The number of ketones is 1. The number of halogens is 2. The van der Waals surface area contributed by atoms with E-state index in [4.69, 9.17) is 5.73 Å². The fraction of sp³-hybridized carbons (Fsp3) is 0.176. The van der Waals surface area contributed by atoms with E-state index in [1.807, 2.05) is 43.3 Å². The fourth-order valence-corrected chi connectivity index (χ4v) is 3.66. The van der Waals surface area contributed by atoms with Crippen LogP contribution in [0, 0.1) is 6.92 Å². The lowest BCUT2D eigenvalue weighted by Gasteiger charge is -2.10. The van der Waals surface area contributed by atoms with Gasteiger partial charge >= 0.3 is 0 Å². The molecule has 1 aromatic carbocycles. The van der Waals surface area contributed by atoms with Crippen molar-refractivity contribution < 1.29 is 4.79 Å². The number of hydrogen-bond donors (Lipinski definition) is 1. The average Bonchev–Trinajstić information content (AvgIpc) is 2.85. The lowest BCUT2D eigenvalue weighted by molar-refractivity contribution is 0.0964. The van der Waals surface area contributed by atoms with Crippen molar-refractivity contribution in [3.63, 3.8) is 0 Å². The number of nitrogens with zero attached hydrogens (tertiary/aromatic N) is 1. The van der Waals surface area contributed by atoms with Gasteiger partial charge in [0.1, 0.15) is 0 Å². The van der Waals surface area contributed by atoms with Crippen LogP contribution >= 0.6 is 36.2 Å². The van der Waals surface area contributed by atoms with Crippen LogP contribution < -0.4 is 5.73 Å². The van der Waals surface area contributed by atoms with Crippen LogP contribution in [0.2, 0.25) is 0 Å². The Morgan fingerprint density at radius 3 is 2.48 bits per heavy atom. The number of carbonyl (C=O) groups is 1. The molecule has 0 bridgehead atoms. The van der Waals surface area contributed by atoms with Gasteiger partial charge < -0.3 is 5.73 Å². The number of thiophene rings is 1. The van der Waals surface area contributed by atoms with Crippen molar-refractivity contribution in [1.29, 1.82) is 0 Å². The standard InChI is InChI=1S/C17H16N2OS.2ClH/c1-11-13-4-2-3-5-15(13)21-17(11)16(20)14(18)10-12-6-8-19-9-7-12;;/h2-9,14H,10,18H2,1H3;2*1H. The number of carbonyl (C=O) groups excluding carboxylic acids is 1. The van der Waals surface area contributed by atoms with Gasteiger partial charge in [-0.2, -0.15) is 0 Å². The summed E-state index contributed by atoms with van der Waals surface area (Å²) in [6.45, 7) is 1.99. The summed E-state index contributed by atoms with van der Waals surface area (Å²) in [6, 6.07) is 11.3. The lowest BCUT2D eigenvalue weighted by atomic mass is 10.0. The van der Waals surface area contributed by atoms with E-state index in [0.717, 1.165) is 26.1 Å². The van der Waals surface area contributed by atoms with Crippen molar-refractivity contribution >= 4 is 52.0 Å². The SMILES string of the molecule is Cc1c(C(=O)C(N)Cc2ccncc2)sc2ccccc12.Cl.Cl. The Morgan fingerprint density at radius 1 is 1.17 bits per heavy atom. The molecular formula is C17H18Cl2N2OS. The van der Waals surface area contributed by atoms with Crippen molar-refractivity contribution in [2.75, 3.05) is 0 Å². The van der Waals surface area contributed by atoms with E-state index < -0.39 is 6.04 Å². The highest BCUT2D eigenvalue weighted by Gasteiger charge is 2.21. The zero-order chi connectivity index (χ0) is 14.8. The Balaban J connectivity index is 0.00000132. The maximum atomic E-state index is 12.6. The third-order valence-electron chi connectivity index (χ3n) is 3.61. The van der Waals surface area contributed by atoms with Gasteiger partial charge in [-0.15, -0.1) is 36.2 Å². The van der Waals surface area contributed by atoms with Gasteiger partial charge in [-0.25, -0.2) is 0 Å². The van der Waals surface area contributed by atoms with Crippen LogP contribution in [0.25, 0.3) is 10.1 Å². The van der Waals surface area contributed by atoms with Crippen LogP contribution in [0.3, 0.4) is 0 Å². The Bertz CT molecular complexity index is 790. The third kappa shape index (κ3) is 4.09. The van der Waals surface area contributed by atoms with E-state index in [9.17, 15) is 4.79 Å². The highest BCUT2D eigenvalue weighted by atomic mass is 35.5. The summed E-state index contributed by atoms with van der Waals surface area (Å²) in [4.78, 5) is 17.4. The maximum absolute atomic E-state index is 12.6. The number of rotatable bonds is 4. The minimum Gasteiger partial charge on any atom is -0.321 e. The number of nitrogens with two attached hydrogens (primary N) is 1. The molecule has 0 aliphatic heterocycles. The molecule has 1 atom stereocenters. The van der Waals surface area contributed by atoms with Crippen LogP contribution in [-0.2, 0) is 6.42 Å². The first-order valence-electron chi connectivity index (χ1n) is 6.83. The zero-order valence-electron chi connectivity index (χ0n) is 12.6. The molecule has 2 heterocycles. The molecule has 0 saturated carbocycles. The van der Waals surface area contributed by atoms with Crippen molar-refractivity contribution in [2.24, 2.45) is 5.73 Å². The van der Waals surface area contributed by atoms with E-state index >= 15 is 0 Å². The predicted octanol–water partition coefficient (Wildman–Crippen LogP) is 4.20. The molecule has 0 radical (unpaired) electrons. The van der Waals surface area contributed by atoms with Crippen LogP contribution in [0.5, 0.6) is 0 Å². The monoisotopic (exact) mass is 368 g/mol. The number of benzene rings is 1. The largest absolute Gasteiger partial charge is 0.321 e. The molecule has 122 valence electrons. The minimum atomic E-state index is -0.515. The first-order valence-corrected chi connectivity index (χ1v) is 7.65. The second-order valence-electron chi connectivity index (χ2n) is 5.08. The molecule has 0 aliphatic carbocycles. The van der Waals surface area contributed by atoms with Gasteiger partial charge in [0.15, 0.2) is 5.78 Å². The molecule has 2 aromatic heterocycles. The highest BCUT2D eigenvalue weighted by molar-refractivity contribution is 7.21. The summed E-state index contributed by atoms with van der Waals surface area (Å²) in [5, 5.41) is 1.14. The smallest absolute Gasteiger partial charge is 0.190 e. The molecule has 3 rings (SSSR count). The molecule has 23 heavy (non-hydrogen) atoms. The summed E-state index contributed by atoms with van der Waals surface area (Å²) in [5.74, 6) is 0.0190. The van der Waals surface area contributed by atoms with Gasteiger partial charge in [-0.3, -0.25) is 9.78 Å². The molecule has 0 amide bonds. The first-order chi connectivity index (χ1) is 10.2. The quantitative estimate of drug-likeness (QED) is 0.702.